The van der Waals surface area contributed by atoms with Gasteiger partial charge in [-0.05, 0) is 23.6 Å². The lowest BCUT2D eigenvalue weighted by Gasteiger charge is -2.03. The Kier molecular flexibility index (Phi) is 3.75. The summed E-state index contributed by atoms with van der Waals surface area (Å²) in [6.07, 6.45) is 4.25. The lowest BCUT2D eigenvalue weighted by Crippen LogP contribution is -1.76. The fourth-order valence-electron chi connectivity index (χ4n) is 1.19. The number of aromatic hydroxyl groups is 1. The molecule has 70 valence electrons. The predicted molar refractivity (Wildman–Crippen MR) is 64.4 cm³/mol. The molecule has 0 saturated carbocycles. The molecule has 0 aliphatic carbocycles. The SMILES string of the molecule is Br.Oc1cccc(S2=CC=CC2)c1. The minimum atomic E-state index is 0. The van der Waals surface area contributed by atoms with E-state index in [9.17, 15) is 5.11 Å². The maximum absolute atomic E-state index is 9.24. The Morgan fingerprint density at radius 1 is 1.31 bits per heavy atom. The number of hydrogen-bond donors (Lipinski definition) is 1. The number of hydrogen-bond acceptors (Lipinski definition) is 1. The largest absolute Gasteiger partial charge is 0.508 e. The summed E-state index contributed by atoms with van der Waals surface area (Å²) in [6.45, 7) is 0. The molecule has 0 amide bonds. The van der Waals surface area contributed by atoms with Crippen molar-refractivity contribution in [1.29, 1.82) is 0 Å². The summed E-state index contributed by atoms with van der Waals surface area (Å²) >= 11 is 0. The Labute approximate surface area is 90.8 Å². The molecule has 0 spiro atoms. The van der Waals surface area contributed by atoms with Gasteiger partial charge in [-0.2, -0.15) is 10.5 Å². The summed E-state index contributed by atoms with van der Waals surface area (Å²) in [4.78, 5) is 1.22. The van der Waals surface area contributed by atoms with E-state index in [0.29, 0.717) is 5.75 Å². The topological polar surface area (TPSA) is 20.2 Å². The van der Waals surface area contributed by atoms with E-state index in [1.807, 2.05) is 12.1 Å². The first kappa shape index (κ1) is 10.5. The van der Waals surface area contributed by atoms with Gasteiger partial charge in [-0.1, -0.05) is 18.2 Å². The second-order valence-corrected chi connectivity index (χ2v) is 4.59. The van der Waals surface area contributed by atoms with Crippen LogP contribution in [-0.2, 0) is 0 Å². The van der Waals surface area contributed by atoms with Crippen LogP contribution in [0, 0.1) is 0 Å². The van der Waals surface area contributed by atoms with E-state index in [0.717, 1.165) is 5.75 Å². The zero-order valence-electron chi connectivity index (χ0n) is 7.01. The van der Waals surface area contributed by atoms with E-state index in [4.69, 9.17) is 0 Å². The number of phenols is 1. The Balaban J connectivity index is 0.000000845. The van der Waals surface area contributed by atoms with Crippen molar-refractivity contribution in [3.8, 4) is 5.75 Å². The van der Waals surface area contributed by atoms with Gasteiger partial charge >= 0.3 is 0 Å². The third-order valence-electron chi connectivity index (χ3n) is 1.78. The van der Waals surface area contributed by atoms with Crippen LogP contribution in [0.2, 0.25) is 0 Å². The molecule has 13 heavy (non-hydrogen) atoms. The number of rotatable bonds is 1. The highest BCUT2D eigenvalue weighted by atomic mass is 79.9. The summed E-state index contributed by atoms with van der Waals surface area (Å²) < 4.78 is 0. The molecule has 2 rings (SSSR count). The number of benzene rings is 1. The molecule has 1 unspecified atom stereocenters. The summed E-state index contributed by atoms with van der Waals surface area (Å²) in [6, 6.07) is 7.50. The third-order valence-corrected chi connectivity index (χ3v) is 3.67. The molecule has 1 aliphatic rings. The molecule has 1 nitrogen and oxygen atoms in total. The maximum atomic E-state index is 9.24. The molecule has 1 N–H and O–H groups in total. The first-order chi connectivity index (χ1) is 5.86. The zero-order chi connectivity index (χ0) is 8.39. The summed E-state index contributed by atoms with van der Waals surface area (Å²) in [5, 5.41) is 11.4. The molecule has 3 heteroatoms. The normalized spacial score (nSPS) is 19.2. The zero-order valence-corrected chi connectivity index (χ0v) is 9.54. The lowest BCUT2D eigenvalue weighted by molar-refractivity contribution is 0.474. The van der Waals surface area contributed by atoms with Gasteiger partial charge in [0.2, 0.25) is 0 Å². The molecule has 1 aromatic rings. The first-order valence-corrected chi connectivity index (χ1v) is 5.31. The minimum absolute atomic E-state index is 0. The van der Waals surface area contributed by atoms with E-state index < -0.39 is 0 Å². The Morgan fingerprint density at radius 2 is 2.15 bits per heavy atom. The van der Waals surface area contributed by atoms with Crippen LogP contribution >= 0.6 is 27.5 Å². The Morgan fingerprint density at radius 3 is 2.77 bits per heavy atom. The van der Waals surface area contributed by atoms with Crippen LogP contribution < -0.4 is 0 Å². The van der Waals surface area contributed by atoms with Crippen molar-refractivity contribution in [2.24, 2.45) is 0 Å². The molecule has 1 heterocycles. The number of halogens is 1. The van der Waals surface area contributed by atoms with Gasteiger partial charge in [0, 0.05) is 10.6 Å². The lowest BCUT2D eigenvalue weighted by atomic mass is 10.3. The van der Waals surface area contributed by atoms with Gasteiger partial charge in [0.1, 0.15) is 5.75 Å². The average Bonchev–Trinajstić information content (AvgIpc) is 2.56. The van der Waals surface area contributed by atoms with Gasteiger partial charge in [-0.15, -0.1) is 17.0 Å². The van der Waals surface area contributed by atoms with Crippen LogP contribution in [0.25, 0.3) is 0 Å². The van der Waals surface area contributed by atoms with Crippen LogP contribution in [0.3, 0.4) is 0 Å². The molecule has 1 atom stereocenters. The Hall–Kier alpha value is -0.540. The van der Waals surface area contributed by atoms with Gasteiger partial charge in [0.05, 0.1) is 0 Å². The van der Waals surface area contributed by atoms with Crippen LogP contribution in [0.15, 0.2) is 41.3 Å². The fourth-order valence-corrected chi connectivity index (χ4v) is 2.79. The molecule has 0 bridgehead atoms. The van der Waals surface area contributed by atoms with E-state index >= 15 is 0 Å². The molecule has 0 fully saturated rings. The van der Waals surface area contributed by atoms with Crippen molar-refractivity contribution in [2.75, 3.05) is 5.75 Å². The first-order valence-electron chi connectivity index (χ1n) is 3.85. The van der Waals surface area contributed by atoms with E-state index in [1.165, 1.54) is 4.90 Å². The van der Waals surface area contributed by atoms with Crippen molar-refractivity contribution in [1.82, 2.24) is 0 Å². The summed E-state index contributed by atoms with van der Waals surface area (Å²) in [5.41, 5.74) is 0. The maximum Gasteiger partial charge on any atom is 0.116 e. The second-order valence-electron chi connectivity index (χ2n) is 2.66. The monoisotopic (exact) mass is 258 g/mol. The smallest absolute Gasteiger partial charge is 0.116 e. The molecule has 0 saturated heterocycles. The molecular formula is C10H11BrOS. The van der Waals surface area contributed by atoms with Crippen LogP contribution in [-0.4, -0.2) is 16.2 Å². The van der Waals surface area contributed by atoms with Gasteiger partial charge in [-0.25, -0.2) is 0 Å². The van der Waals surface area contributed by atoms with Gasteiger partial charge in [-0.3, -0.25) is 0 Å². The Bertz CT molecular complexity index is 358. The van der Waals surface area contributed by atoms with Crippen molar-refractivity contribution in [2.45, 2.75) is 4.90 Å². The minimum Gasteiger partial charge on any atom is -0.508 e. The summed E-state index contributed by atoms with van der Waals surface area (Å²) in [5.74, 6) is 1.45. The van der Waals surface area contributed by atoms with Crippen LogP contribution in [0.4, 0.5) is 0 Å². The van der Waals surface area contributed by atoms with E-state index in [-0.39, 0.29) is 27.5 Å². The van der Waals surface area contributed by atoms with Crippen molar-refractivity contribution >= 4 is 32.8 Å². The van der Waals surface area contributed by atoms with E-state index in [1.54, 1.807) is 6.07 Å². The quantitative estimate of drug-likeness (QED) is 0.769. The second kappa shape index (κ2) is 4.63. The molecular weight excluding hydrogens is 248 g/mol. The third kappa shape index (κ3) is 2.45. The van der Waals surface area contributed by atoms with Gasteiger partial charge < -0.3 is 5.11 Å². The molecule has 1 aliphatic heterocycles. The number of phenolic OH excluding ortho intramolecular Hbond substituents is 1. The molecule has 0 aromatic heterocycles. The van der Waals surface area contributed by atoms with Crippen molar-refractivity contribution in [3.63, 3.8) is 0 Å². The standard InChI is InChI=1S/C10H10OS.BrH/c11-9-4-3-5-10(8-9)12-6-1-2-7-12;/h1-6,8,11H,7H2;1H. The van der Waals surface area contributed by atoms with Crippen LogP contribution in [0.1, 0.15) is 0 Å². The fraction of sp³-hybridized carbons (Fsp3) is 0.100. The van der Waals surface area contributed by atoms with Crippen LogP contribution in [0.5, 0.6) is 5.75 Å². The molecule has 0 radical (unpaired) electrons. The van der Waals surface area contributed by atoms with E-state index in [2.05, 4.69) is 23.6 Å². The van der Waals surface area contributed by atoms with Gasteiger partial charge in [0.15, 0.2) is 0 Å². The predicted octanol–water partition coefficient (Wildman–Crippen LogP) is 2.97. The highest BCUT2D eigenvalue weighted by Gasteiger charge is 2.00. The highest BCUT2D eigenvalue weighted by Crippen LogP contribution is 2.30. The summed E-state index contributed by atoms with van der Waals surface area (Å²) in [7, 11) is 0.203. The molecule has 1 aromatic carbocycles. The average molecular weight is 259 g/mol. The van der Waals surface area contributed by atoms with Gasteiger partial charge in [0.25, 0.3) is 0 Å². The number of allylic oxidation sites excluding steroid dienone is 1. The van der Waals surface area contributed by atoms with Crippen molar-refractivity contribution < 1.29 is 5.11 Å². The van der Waals surface area contributed by atoms with Crippen molar-refractivity contribution in [3.05, 3.63) is 36.4 Å². The highest BCUT2D eigenvalue weighted by molar-refractivity contribution is 8.93.